The molecule has 3 saturated heterocycles. The maximum absolute atomic E-state index is 13.8. The molecule has 71 heavy (non-hydrogen) atoms. The van der Waals surface area contributed by atoms with E-state index in [9.17, 15) is 28.8 Å². The second-order valence-electron chi connectivity index (χ2n) is 20.4. The van der Waals surface area contributed by atoms with Gasteiger partial charge in [-0.3, -0.25) is 19.2 Å². The maximum Gasteiger partial charge on any atom is 0.407 e. The van der Waals surface area contributed by atoms with E-state index < -0.39 is 44.4 Å². The summed E-state index contributed by atoms with van der Waals surface area (Å²) in [6, 6.07) is 33.8. The first-order valence-electron chi connectivity index (χ1n) is 25.0. The molecule has 0 saturated carbocycles. The minimum Gasteiger partial charge on any atom is -0.453 e. The Balaban J connectivity index is 1.09. The smallest absolute Gasteiger partial charge is 0.407 e. The second-order valence-corrected chi connectivity index (χ2v) is 25.1. The summed E-state index contributed by atoms with van der Waals surface area (Å²) in [4.78, 5) is 84.6. The van der Waals surface area contributed by atoms with Gasteiger partial charge in [0.2, 0.25) is 23.6 Å². The summed E-state index contributed by atoms with van der Waals surface area (Å²) in [5, 5.41) is 12.8. The molecule has 0 spiro atoms. The standard InChI is InChI=1S/C55H71N7O8Si/c1-35(2)48(58-54(67)69-5)52(65)60-32-12-16-46(60)50(63)56-40-22-18-38(19-23-40)44-30-31-45(62(44)42-26-28-43(29-27-42)71(7,8)34-37-14-10-9-11-15-37)39-20-24-41(25-21-39)57-51(64)47-17-13-33-61(47)53(66)49(36(3)4)59-55(68)70-6/h9-11,14-15,18-29,35-36,44-49H,12-13,16-17,30-34H2,1-8H3,(H,56,63)(H,57,64)(H,58,67)(H,59,68)/q-1/t44-,45-,46-,47-,48-,49-/m0/s1. The average molecular weight is 986 g/mol. The fourth-order valence-electron chi connectivity index (χ4n) is 10.5. The van der Waals surface area contributed by atoms with Crippen molar-refractivity contribution in [2.75, 3.05) is 42.8 Å². The minimum absolute atomic E-state index is 0.0111. The van der Waals surface area contributed by atoms with E-state index >= 15 is 0 Å². The van der Waals surface area contributed by atoms with Crippen LogP contribution in [0.3, 0.4) is 0 Å². The Morgan fingerprint density at radius 2 is 1.00 bits per heavy atom. The number of methoxy groups -OCH3 is 2. The summed E-state index contributed by atoms with van der Waals surface area (Å²) < 4.78 is 9.53. The van der Waals surface area contributed by atoms with Gasteiger partial charge >= 0.3 is 12.2 Å². The van der Waals surface area contributed by atoms with Crippen LogP contribution in [-0.2, 0) is 34.7 Å². The Morgan fingerprint density at radius 1 is 0.577 bits per heavy atom. The van der Waals surface area contributed by atoms with Crippen LogP contribution in [0, 0.1) is 11.8 Å². The van der Waals surface area contributed by atoms with E-state index in [1.165, 1.54) is 25.0 Å². The first kappa shape index (κ1) is 52.1. The van der Waals surface area contributed by atoms with Crippen molar-refractivity contribution in [2.24, 2.45) is 11.8 Å². The fourth-order valence-corrected chi connectivity index (χ4v) is 13.0. The zero-order valence-corrected chi connectivity index (χ0v) is 43.4. The Bertz CT molecular complexity index is 2380. The summed E-state index contributed by atoms with van der Waals surface area (Å²) in [5.41, 5.74) is 5.89. The number of carbonyl (C=O) groups excluding carboxylic acids is 6. The van der Waals surface area contributed by atoms with Gasteiger partial charge < -0.3 is 45.4 Å². The van der Waals surface area contributed by atoms with Crippen LogP contribution < -0.4 is 31.4 Å². The van der Waals surface area contributed by atoms with E-state index in [-0.39, 0.29) is 47.5 Å². The van der Waals surface area contributed by atoms with Gasteiger partial charge in [0.25, 0.3) is 0 Å². The molecular weight excluding hydrogens is 915 g/mol. The number of nitrogens with one attached hydrogen (secondary N) is 4. The molecule has 4 N–H and O–H groups in total. The van der Waals surface area contributed by atoms with Gasteiger partial charge in [-0.2, -0.15) is 18.3 Å². The number of amides is 6. The van der Waals surface area contributed by atoms with Gasteiger partial charge in [0, 0.05) is 30.2 Å². The first-order chi connectivity index (χ1) is 34.0. The van der Waals surface area contributed by atoms with Crippen molar-refractivity contribution in [3.63, 3.8) is 0 Å². The molecule has 16 heteroatoms. The van der Waals surface area contributed by atoms with Crippen LogP contribution in [0.5, 0.6) is 0 Å². The minimum atomic E-state index is -1.84. The molecule has 7 rings (SSSR count). The van der Waals surface area contributed by atoms with Gasteiger partial charge in [-0.05, 0) is 97.9 Å². The number of nitrogens with zero attached hydrogens (tertiary/aromatic N) is 3. The van der Waals surface area contributed by atoms with Gasteiger partial charge in [0.15, 0.2) is 0 Å². The molecule has 0 bridgehead atoms. The number of carbonyl (C=O) groups is 6. The number of ether oxygens (including phenoxy) is 2. The molecular formula is C55H71N7O8Si-. The highest BCUT2D eigenvalue weighted by atomic mass is 28.3. The molecule has 379 valence electrons. The highest BCUT2D eigenvalue weighted by molar-refractivity contribution is 6.89. The lowest BCUT2D eigenvalue weighted by Gasteiger charge is -2.37. The van der Waals surface area contributed by atoms with E-state index in [1.54, 1.807) is 9.80 Å². The number of benzene rings is 4. The van der Waals surface area contributed by atoms with E-state index in [0.717, 1.165) is 35.7 Å². The van der Waals surface area contributed by atoms with Crippen molar-refractivity contribution in [1.82, 2.24) is 20.4 Å². The van der Waals surface area contributed by atoms with Crippen molar-refractivity contribution in [2.45, 2.75) is 122 Å². The molecule has 6 amide bonds. The van der Waals surface area contributed by atoms with Crippen molar-refractivity contribution in [3.8, 4) is 0 Å². The van der Waals surface area contributed by atoms with E-state index in [0.29, 0.717) is 50.1 Å². The fraction of sp³-hybridized carbons (Fsp3) is 0.455. The normalized spacial score (nSPS) is 19.8. The van der Waals surface area contributed by atoms with Crippen LogP contribution in [0.15, 0.2) is 103 Å². The Kier molecular flexibility index (Phi) is 16.9. The summed E-state index contributed by atoms with van der Waals surface area (Å²) in [6.07, 6.45) is 2.74. The molecule has 4 aromatic carbocycles. The summed E-state index contributed by atoms with van der Waals surface area (Å²) in [6.45, 7) is 13.0. The van der Waals surface area contributed by atoms with Gasteiger partial charge in [0.05, 0.1) is 26.3 Å². The Morgan fingerprint density at radius 3 is 1.39 bits per heavy atom. The third kappa shape index (κ3) is 12.3. The summed E-state index contributed by atoms with van der Waals surface area (Å²) in [5.74, 6) is -1.56. The quantitative estimate of drug-likeness (QED) is 0.0808. The average Bonchev–Trinajstić information content (AvgIpc) is 4.16. The number of alkyl carbamates (subject to hydrolysis) is 2. The molecule has 3 aliphatic heterocycles. The van der Waals surface area contributed by atoms with Crippen LogP contribution in [-0.4, -0.2) is 105 Å². The van der Waals surface area contributed by atoms with Crippen molar-refractivity contribution in [3.05, 3.63) is 120 Å². The second kappa shape index (κ2) is 23.0. The van der Waals surface area contributed by atoms with Crippen molar-refractivity contribution in [1.29, 1.82) is 0 Å². The zero-order valence-electron chi connectivity index (χ0n) is 42.4. The predicted molar refractivity (Wildman–Crippen MR) is 279 cm³/mol. The molecule has 3 heterocycles. The molecule has 3 aliphatic rings. The first-order valence-corrected chi connectivity index (χ1v) is 28.2. The topological polar surface area (TPSA) is 179 Å². The monoisotopic (exact) mass is 986 g/mol. The lowest BCUT2D eigenvalue weighted by molar-refractivity contribution is -0.139. The van der Waals surface area contributed by atoms with Crippen LogP contribution in [0.4, 0.5) is 26.7 Å². The third-order valence-corrected chi connectivity index (χ3v) is 17.6. The molecule has 3 fully saturated rings. The SMILES string of the molecule is COC(=O)N[C@H](C(=O)N1CCC[C@H]1C(=O)Nc1ccc([C@@H]2CC[C@@H](c3ccc(NC(=O)[C@@H]4CCCN4C(=O)[C@@H](NC(=O)OC)C(C)C)cc3)N2c2ccc([Si-](C)(C)Cc3ccccc3)cc2)cc1)C(C)C. The molecule has 0 radical (unpaired) electrons. The van der Waals surface area contributed by atoms with Crippen LogP contribution >= 0.6 is 0 Å². The van der Waals surface area contributed by atoms with E-state index in [1.807, 2.05) is 52.0 Å². The number of rotatable bonds is 16. The number of anilines is 3. The van der Waals surface area contributed by atoms with E-state index in [2.05, 4.69) is 118 Å². The Hall–Kier alpha value is -6.68. The number of hydrogen-bond acceptors (Lipinski definition) is 9. The molecule has 0 aromatic heterocycles. The van der Waals surface area contributed by atoms with Crippen LogP contribution in [0.1, 0.15) is 95.0 Å². The molecule has 15 nitrogen and oxygen atoms in total. The van der Waals surface area contributed by atoms with Gasteiger partial charge in [-0.15, -0.1) is 14.1 Å². The highest BCUT2D eigenvalue weighted by Crippen LogP contribution is 2.47. The Labute approximate surface area is 419 Å². The predicted octanol–water partition coefficient (Wildman–Crippen LogP) is 8.09. The molecule has 0 unspecified atom stereocenters. The van der Waals surface area contributed by atoms with E-state index in [4.69, 9.17) is 9.47 Å². The zero-order chi connectivity index (χ0) is 51.0. The molecule has 6 atom stereocenters. The third-order valence-electron chi connectivity index (χ3n) is 14.4. The van der Waals surface area contributed by atoms with Gasteiger partial charge in [0.1, 0.15) is 24.2 Å². The molecule has 4 aromatic rings. The van der Waals surface area contributed by atoms with Crippen molar-refractivity contribution >= 4 is 66.1 Å². The number of hydrogen-bond donors (Lipinski definition) is 4. The van der Waals surface area contributed by atoms with Gasteiger partial charge in [-0.1, -0.05) is 100.0 Å². The largest absolute Gasteiger partial charge is 0.453 e. The number of likely N-dealkylation sites (tertiary alicyclic amines) is 2. The summed E-state index contributed by atoms with van der Waals surface area (Å²) >= 11 is 0. The summed E-state index contributed by atoms with van der Waals surface area (Å²) in [7, 11) is 0.671. The van der Waals surface area contributed by atoms with Crippen LogP contribution in [0.25, 0.3) is 0 Å². The lowest BCUT2D eigenvalue weighted by atomic mass is 10.0. The van der Waals surface area contributed by atoms with Crippen LogP contribution in [0.2, 0.25) is 13.1 Å². The van der Waals surface area contributed by atoms with Crippen molar-refractivity contribution < 1.29 is 38.2 Å². The lowest BCUT2D eigenvalue weighted by Crippen LogP contribution is -2.54. The maximum atomic E-state index is 13.8. The highest BCUT2D eigenvalue weighted by Gasteiger charge is 2.41. The van der Waals surface area contributed by atoms with Gasteiger partial charge in [-0.25, -0.2) is 9.59 Å². The molecule has 0 aliphatic carbocycles.